The minimum atomic E-state index is 0.976. The Kier molecular flexibility index (Phi) is 9.52. The number of hydrogen-bond donors (Lipinski definition) is 0. The zero-order valence-corrected chi connectivity index (χ0v) is 17.3. The molecule has 0 amide bonds. The topological polar surface area (TPSA) is 8.81 Å². The average molecular weight is 356 g/mol. The van der Waals surface area contributed by atoms with E-state index in [0.717, 1.165) is 13.1 Å². The van der Waals surface area contributed by atoms with Crippen LogP contribution in [0.15, 0.2) is 36.5 Å². The number of nitrogens with zero attached hydrogens (tertiary/aromatic N) is 2. The molecule has 0 fully saturated rings. The quantitative estimate of drug-likeness (QED) is 0.292. The molecule has 2 rings (SSSR count). The fourth-order valence-electron chi connectivity index (χ4n) is 3.80. The van der Waals surface area contributed by atoms with Crippen molar-refractivity contribution < 1.29 is 4.57 Å². The van der Waals surface area contributed by atoms with Crippen LogP contribution in [0.3, 0.4) is 0 Å². The van der Waals surface area contributed by atoms with Gasteiger partial charge in [0.15, 0.2) is 0 Å². The van der Waals surface area contributed by atoms with Gasteiger partial charge in [0.1, 0.15) is 18.4 Å². The van der Waals surface area contributed by atoms with Crippen LogP contribution in [-0.4, -0.2) is 4.57 Å². The van der Waals surface area contributed by atoms with E-state index in [9.17, 15) is 0 Å². The first-order chi connectivity index (χ1) is 12.7. The van der Waals surface area contributed by atoms with Gasteiger partial charge in [-0.15, -0.1) is 0 Å². The molecule has 0 radical (unpaired) electrons. The Hall–Kier alpha value is -1.57. The Morgan fingerprint density at radius 1 is 0.769 bits per heavy atom. The van der Waals surface area contributed by atoms with Crippen LogP contribution in [0.2, 0.25) is 0 Å². The Balaban J connectivity index is 1.66. The number of hydrogen-bond acceptors (Lipinski definition) is 0. The molecule has 0 aliphatic rings. The van der Waals surface area contributed by atoms with Gasteiger partial charge >= 0.3 is 0 Å². The lowest BCUT2D eigenvalue weighted by molar-refractivity contribution is -0.703. The number of unbranched alkanes of at least 4 members (excludes halogenated alkanes) is 9. The smallest absolute Gasteiger partial charge is 0.234 e. The molecule has 2 heteroatoms. The number of benzene rings is 1. The van der Waals surface area contributed by atoms with Crippen molar-refractivity contribution in [2.24, 2.45) is 0 Å². The average Bonchev–Trinajstić information content (AvgIpc) is 2.92. The van der Waals surface area contributed by atoms with Crippen LogP contribution in [0.5, 0.6) is 0 Å². The second kappa shape index (κ2) is 11.9. The summed E-state index contributed by atoms with van der Waals surface area (Å²) in [4.78, 5) is 0. The van der Waals surface area contributed by atoms with Crippen molar-refractivity contribution in [3.8, 4) is 0 Å². The van der Waals surface area contributed by atoms with Crippen LogP contribution in [-0.2, 0) is 13.1 Å². The van der Waals surface area contributed by atoms with Crippen molar-refractivity contribution in [2.75, 3.05) is 0 Å². The molecular formula is C24H39N2+. The first-order valence-corrected chi connectivity index (χ1v) is 10.8. The van der Waals surface area contributed by atoms with Crippen molar-refractivity contribution in [3.05, 3.63) is 53.6 Å². The van der Waals surface area contributed by atoms with E-state index in [-0.39, 0.29) is 0 Å². The third-order valence-electron chi connectivity index (χ3n) is 5.51. The maximum absolute atomic E-state index is 2.45. The molecule has 1 heterocycles. The summed E-state index contributed by atoms with van der Waals surface area (Å²) in [5.74, 6) is 1.38. The Labute approximate surface area is 161 Å². The van der Waals surface area contributed by atoms with Crippen molar-refractivity contribution >= 4 is 0 Å². The number of rotatable bonds is 13. The van der Waals surface area contributed by atoms with Crippen molar-refractivity contribution in [1.82, 2.24) is 4.57 Å². The highest BCUT2D eigenvalue weighted by Crippen LogP contribution is 2.11. The molecule has 144 valence electrons. The molecule has 2 nitrogen and oxygen atoms in total. The predicted molar refractivity (Wildman–Crippen MR) is 111 cm³/mol. The van der Waals surface area contributed by atoms with Gasteiger partial charge in [0, 0.05) is 13.8 Å². The summed E-state index contributed by atoms with van der Waals surface area (Å²) in [7, 11) is 0. The molecule has 0 aliphatic heterocycles. The molecular weight excluding hydrogens is 316 g/mol. The molecule has 1 aromatic carbocycles. The lowest BCUT2D eigenvalue weighted by atomic mass is 10.1. The van der Waals surface area contributed by atoms with E-state index in [0.29, 0.717) is 0 Å². The molecule has 2 aromatic rings. The lowest BCUT2D eigenvalue weighted by Crippen LogP contribution is -2.35. The van der Waals surface area contributed by atoms with Crippen LogP contribution in [0.4, 0.5) is 0 Å². The fourth-order valence-corrected chi connectivity index (χ4v) is 3.80. The van der Waals surface area contributed by atoms with Crippen LogP contribution >= 0.6 is 0 Å². The molecule has 0 atom stereocenters. The standard InChI is InChI=1S/C24H39N2/c1-4-5-6-7-8-9-10-11-12-16-19-25-20-22(2)26(23(25)3)21-24-17-14-13-15-18-24/h13-15,17-18,20H,4-12,16,19,21H2,1-3H3/q+1. The molecule has 26 heavy (non-hydrogen) atoms. The van der Waals surface area contributed by atoms with E-state index in [1.54, 1.807) is 0 Å². The highest BCUT2D eigenvalue weighted by molar-refractivity contribution is 5.16. The van der Waals surface area contributed by atoms with Crippen molar-refractivity contribution in [3.63, 3.8) is 0 Å². The van der Waals surface area contributed by atoms with E-state index in [1.165, 1.54) is 81.3 Å². The molecule has 0 unspecified atom stereocenters. The summed E-state index contributed by atoms with van der Waals surface area (Å²) in [5.41, 5.74) is 2.74. The van der Waals surface area contributed by atoms with Gasteiger partial charge in [0.2, 0.25) is 0 Å². The summed E-state index contributed by atoms with van der Waals surface area (Å²) < 4.78 is 4.88. The van der Waals surface area contributed by atoms with Gasteiger partial charge in [0.05, 0.1) is 6.54 Å². The Morgan fingerprint density at radius 3 is 1.96 bits per heavy atom. The summed E-state index contributed by atoms with van der Waals surface area (Å²) in [5, 5.41) is 0. The third kappa shape index (κ3) is 6.97. The van der Waals surface area contributed by atoms with Crippen molar-refractivity contribution in [2.45, 2.75) is 98.1 Å². The normalized spacial score (nSPS) is 11.2. The summed E-state index contributed by atoms with van der Waals surface area (Å²) >= 11 is 0. The van der Waals surface area contributed by atoms with Gasteiger partial charge < -0.3 is 0 Å². The zero-order valence-electron chi connectivity index (χ0n) is 17.3. The molecule has 0 saturated carbocycles. The highest BCUT2D eigenvalue weighted by Gasteiger charge is 2.16. The van der Waals surface area contributed by atoms with E-state index < -0.39 is 0 Å². The van der Waals surface area contributed by atoms with E-state index >= 15 is 0 Å². The van der Waals surface area contributed by atoms with Gasteiger partial charge in [-0.2, -0.15) is 0 Å². The summed E-state index contributed by atoms with van der Waals surface area (Å²) in [6.45, 7) is 8.91. The second-order valence-electron chi connectivity index (χ2n) is 7.76. The molecule has 0 spiro atoms. The molecule has 0 N–H and O–H groups in total. The maximum Gasteiger partial charge on any atom is 0.253 e. The van der Waals surface area contributed by atoms with Gasteiger partial charge in [-0.1, -0.05) is 88.6 Å². The minimum absolute atomic E-state index is 0.976. The van der Waals surface area contributed by atoms with E-state index in [1.807, 2.05) is 0 Å². The summed E-state index contributed by atoms with van der Waals surface area (Å²) in [6.07, 6.45) is 16.3. The van der Waals surface area contributed by atoms with Gasteiger partial charge in [-0.3, -0.25) is 0 Å². The summed E-state index contributed by atoms with van der Waals surface area (Å²) in [6, 6.07) is 10.8. The first-order valence-electron chi connectivity index (χ1n) is 10.8. The van der Waals surface area contributed by atoms with E-state index in [4.69, 9.17) is 0 Å². The predicted octanol–water partition coefficient (Wildman–Crippen LogP) is 6.36. The number of aryl methyl sites for hydroxylation is 2. The maximum atomic E-state index is 2.45. The monoisotopic (exact) mass is 355 g/mol. The molecule has 1 aromatic heterocycles. The highest BCUT2D eigenvalue weighted by atomic mass is 15.2. The largest absolute Gasteiger partial charge is 0.253 e. The minimum Gasteiger partial charge on any atom is -0.234 e. The van der Waals surface area contributed by atoms with Gasteiger partial charge in [-0.05, 0) is 18.4 Å². The lowest BCUT2D eigenvalue weighted by Gasteiger charge is -2.04. The Morgan fingerprint density at radius 2 is 1.35 bits per heavy atom. The first kappa shape index (κ1) is 20.7. The molecule has 0 saturated heterocycles. The molecule has 0 aliphatic carbocycles. The van der Waals surface area contributed by atoms with Gasteiger partial charge in [0.25, 0.3) is 5.82 Å². The van der Waals surface area contributed by atoms with Crippen LogP contribution in [0.1, 0.15) is 88.2 Å². The van der Waals surface area contributed by atoms with Crippen LogP contribution in [0, 0.1) is 13.8 Å². The zero-order chi connectivity index (χ0) is 18.6. The fraction of sp³-hybridized carbons (Fsp3) is 0.625. The number of imidazole rings is 1. The second-order valence-corrected chi connectivity index (χ2v) is 7.76. The van der Waals surface area contributed by atoms with Crippen molar-refractivity contribution in [1.29, 1.82) is 0 Å². The van der Waals surface area contributed by atoms with E-state index in [2.05, 4.69) is 66.4 Å². The Bertz CT molecular complexity index is 613. The molecule has 0 bridgehead atoms. The number of aromatic nitrogens is 2. The van der Waals surface area contributed by atoms with Gasteiger partial charge in [-0.25, -0.2) is 9.13 Å². The third-order valence-corrected chi connectivity index (χ3v) is 5.51. The van der Waals surface area contributed by atoms with Crippen LogP contribution in [0.25, 0.3) is 0 Å². The van der Waals surface area contributed by atoms with Crippen LogP contribution < -0.4 is 4.57 Å². The SMILES string of the molecule is CCCCCCCCCCCC[n+]1cc(C)n(Cc2ccccc2)c1C.